The minimum Gasteiger partial charge on any atom is -0.372 e. The van der Waals surface area contributed by atoms with E-state index in [9.17, 15) is 4.79 Å². The van der Waals surface area contributed by atoms with Gasteiger partial charge in [0.15, 0.2) is 0 Å². The number of carbonyl (C=O) groups is 1. The molecule has 0 aliphatic heterocycles. The summed E-state index contributed by atoms with van der Waals surface area (Å²) in [5.41, 5.74) is 0. The molecule has 0 N–H and O–H groups in total. The van der Waals surface area contributed by atoms with Gasteiger partial charge in [0, 0.05) is 10.2 Å². The van der Waals surface area contributed by atoms with Crippen molar-refractivity contribution < 1.29 is 9.53 Å². The Morgan fingerprint density at radius 3 is 2.71 bits per heavy atom. The molecule has 0 saturated heterocycles. The molecule has 0 fully saturated rings. The molecule has 1 aromatic carbocycles. The average molecular weight is 275 g/mol. The number of ether oxygens (including phenoxy) is 1. The lowest BCUT2D eigenvalue weighted by molar-refractivity contribution is -0.114. The lowest BCUT2D eigenvalue weighted by atomic mass is 10.4. The summed E-state index contributed by atoms with van der Waals surface area (Å²) in [6, 6.07) is 9.57. The van der Waals surface area contributed by atoms with Crippen LogP contribution in [0.15, 0.2) is 35.2 Å². The third kappa shape index (κ3) is 4.79. The van der Waals surface area contributed by atoms with E-state index in [4.69, 9.17) is 4.74 Å². The van der Waals surface area contributed by atoms with E-state index in [1.165, 1.54) is 11.8 Å². The molecule has 4 heteroatoms. The van der Waals surface area contributed by atoms with E-state index in [0.29, 0.717) is 6.61 Å². The van der Waals surface area contributed by atoms with Gasteiger partial charge in [0.05, 0.1) is 6.61 Å². The maximum atomic E-state index is 11.3. The third-order valence-corrected chi connectivity index (χ3v) is 2.59. The van der Waals surface area contributed by atoms with E-state index < -0.39 is 0 Å². The average Bonchev–Trinajstić information content (AvgIpc) is 2.20. The third-order valence-electron chi connectivity index (χ3n) is 1.42. The molecule has 76 valence electrons. The van der Waals surface area contributed by atoms with Crippen molar-refractivity contribution in [3.63, 3.8) is 0 Å². The predicted molar refractivity (Wildman–Crippen MR) is 61.9 cm³/mol. The molecule has 0 atom stereocenters. The first-order valence-electron chi connectivity index (χ1n) is 4.22. The fraction of sp³-hybridized carbons (Fsp3) is 0.300. The fourth-order valence-corrected chi connectivity index (χ4v) is 1.79. The van der Waals surface area contributed by atoms with Crippen molar-refractivity contribution in [3.05, 3.63) is 30.3 Å². The van der Waals surface area contributed by atoms with Crippen LogP contribution in [-0.4, -0.2) is 23.7 Å². The van der Waals surface area contributed by atoms with Crippen molar-refractivity contribution in [2.45, 2.75) is 4.90 Å². The molecule has 0 spiro atoms. The maximum Gasteiger partial charge on any atom is 0.219 e. The Hall–Kier alpha value is -0.320. The zero-order valence-corrected chi connectivity index (χ0v) is 10.0. The van der Waals surface area contributed by atoms with Gasteiger partial charge in [-0.2, -0.15) is 0 Å². The number of thioether (sulfide) groups is 1. The zero-order chi connectivity index (χ0) is 10.2. The summed E-state index contributed by atoms with van der Waals surface area (Å²) in [5.74, 6) is 0. The Kier molecular flexibility index (Phi) is 5.91. The molecule has 0 aliphatic rings. The Labute approximate surface area is 96.2 Å². The van der Waals surface area contributed by atoms with Gasteiger partial charge in [-0.3, -0.25) is 4.79 Å². The molecule has 1 aromatic rings. The van der Waals surface area contributed by atoms with Crippen LogP contribution in [0.4, 0.5) is 0 Å². The van der Waals surface area contributed by atoms with Crippen molar-refractivity contribution in [3.8, 4) is 0 Å². The molecule has 0 saturated carbocycles. The number of alkyl halides is 1. The van der Waals surface area contributed by atoms with E-state index in [2.05, 4.69) is 15.9 Å². The maximum absolute atomic E-state index is 11.3. The number of rotatable bonds is 5. The van der Waals surface area contributed by atoms with Crippen LogP contribution >= 0.6 is 27.7 Å². The van der Waals surface area contributed by atoms with E-state index >= 15 is 0 Å². The number of hydrogen-bond donors (Lipinski definition) is 0. The normalized spacial score (nSPS) is 10.1. The van der Waals surface area contributed by atoms with E-state index in [-0.39, 0.29) is 11.7 Å². The molecule has 0 unspecified atom stereocenters. The van der Waals surface area contributed by atoms with Crippen LogP contribution in [0.3, 0.4) is 0 Å². The molecule has 0 amide bonds. The Morgan fingerprint density at radius 1 is 1.36 bits per heavy atom. The molecule has 0 bridgehead atoms. The second-order valence-corrected chi connectivity index (χ2v) is 4.45. The van der Waals surface area contributed by atoms with E-state index in [0.717, 1.165) is 10.2 Å². The largest absolute Gasteiger partial charge is 0.372 e. The summed E-state index contributed by atoms with van der Waals surface area (Å²) in [6.07, 6.45) is 0. The topological polar surface area (TPSA) is 26.3 Å². The van der Waals surface area contributed by atoms with Crippen LogP contribution in [0.1, 0.15) is 0 Å². The van der Waals surface area contributed by atoms with Gasteiger partial charge >= 0.3 is 0 Å². The molecular weight excluding hydrogens is 264 g/mol. The summed E-state index contributed by atoms with van der Waals surface area (Å²) in [7, 11) is 0. The molecule has 0 radical (unpaired) electrons. The van der Waals surface area contributed by atoms with Crippen molar-refractivity contribution in [2.75, 3.05) is 18.5 Å². The van der Waals surface area contributed by atoms with Crippen LogP contribution < -0.4 is 0 Å². The molecule has 0 aromatic heterocycles. The molecular formula is C10H11BrO2S. The Bertz CT molecular complexity index is 277. The second kappa shape index (κ2) is 7.04. The van der Waals surface area contributed by atoms with Gasteiger partial charge in [0.2, 0.25) is 5.12 Å². The highest BCUT2D eigenvalue weighted by molar-refractivity contribution is 9.09. The molecule has 2 nitrogen and oxygen atoms in total. The van der Waals surface area contributed by atoms with Crippen molar-refractivity contribution in [1.29, 1.82) is 0 Å². The van der Waals surface area contributed by atoms with E-state index in [1.54, 1.807) is 0 Å². The number of halogens is 1. The first kappa shape index (κ1) is 11.8. The summed E-state index contributed by atoms with van der Waals surface area (Å²) < 4.78 is 5.10. The van der Waals surface area contributed by atoms with Gasteiger partial charge in [0.25, 0.3) is 0 Å². The summed E-state index contributed by atoms with van der Waals surface area (Å²) in [5, 5.41) is 0.799. The second-order valence-electron chi connectivity index (χ2n) is 2.53. The highest BCUT2D eigenvalue weighted by Gasteiger charge is 2.03. The van der Waals surface area contributed by atoms with Crippen LogP contribution in [0.25, 0.3) is 0 Å². The highest BCUT2D eigenvalue weighted by Crippen LogP contribution is 2.17. The molecule has 14 heavy (non-hydrogen) atoms. The van der Waals surface area contributed by atoms with Crippen LogP contribution in [0.5, 0.6) is 0 Å². The first-order valence-corrected chi connectivity index (χ1v) is 6.16. The minimum atomic E-state index is 0.0390. The monoisotopic (exact) mass is 274 g/mol. The van der Waals surface area contributed by atoms with Crippen molar-refractivity contribution >= 4 is 32.8 Å². The molecule has 0 aliphatic carbocycles. The molecule has 1 rings (SSSR count). The van der Waals surface area contributed by atoms with Gasteiger partial charge < -0.3 is 4.74 Å². The SMILES string of the molecule is O=C(COCCBr)Sc1ccccc1. The lowest BCUT2D eigenvalue weighted by Gasteiger charge is -2.00. The quantitative estimate of drug-likeness (QED) is 0.469. The zero-order valence-electron chi connectivity index (χ0n) is 7.61. The van der Waals surface area contributed by atoms with Crippen molar-refractivity contribution in [2.24, 2.45) is 0 Å². The van der Waals surface area contributed by atoms with Crippen molar-refractivity contribution in [1.82, 2.24) is 0 Å². The first-order chi connectivity index (χ1) is 6.83. The van der Waals surface area contributed by atoms with Crippen LogP contribution in [-0.2, 0) is 9.53 Å². The fourth-order valence-electron chi connectivity index (χ4n) is 0.860. The van der Waals surface area contributed by atoms with Crippen LogP contribution in [0.2, 0.25) is 0 Å². The predicted octanol–water partition coefficient (Wildman–Crippen LogP) is 2.72. The van der Waals surface area contributed by atoms with Gasteiger partial charge in [-0.05, 0) is 23.9 Å². The lowest BCUT2D eigenvalue weighted by Crippen LogP contribution is -2.05. The molecule has 0 heterocycles. The van der Waals surface area contributed by atoms with E-state index in [1.807, 2.05) is 30.3 Å². The minimum absolute atomic E-state index is 0.0390. The Morgan fingerprint density at radius 2 is 2.07 bits per heavy atom. The van der Waals surface area contributed by atoms with Gasteiger partial charge in [-0.25, -0.2) is 0 Å². The standard InChI is InChI=1S/C10H11BrO2S/c11-6-7-13-8-10(12)14-9-4-2-1-3-5-9/h1-5H,6-8H2. The Balaban J connectivity index is 2.27. The summed E-state index contributed by atoms with van der Waals surface area (Å²) in [6.45, 7) is 0.742. The number of carbonyl (C=O) groups excluding carboxylic acids is 1. The summed E-state index contributed by atoms with van der Waals surface area (Å²) in [4.78, 5) is 12.3. The summed E-state index contributed by atoms with van der Waals surface area (Å²) >= 11 is 4.44. The van der Waals surface area contributed by atoms with Crippen LogP contribution in [0, 0.1) is 0 Å². The smallest absolute Gasteiger partial charge is 0.219 e. The van der Waals surface area contributed by atoms with Gasteiger partial charge in [-0.1, -0.05) is 34.1 Å². The van der Waals surface area contributed by atoms with Gasteiger partial charge in [0.1, 0.15) is 6.61 Å². The van der Waals surface area contributed by atoms with Gasteiger partial charge in [-0.15, -0.1) is 0 Å². The highest BCUT2D eigenvalue weighted by atomic mass is 79.9. The number of benzene rings is 1. The number of hydrogen-bond acceptors (Lipinski definition) is 3.